The Morgan fingerprint density at radius 2 is 2.37 bits per heavy atom. The van der Waals surface area contributed by atoms with Crippen LogP contribution in [0.5, 0.6) is 0 Å². The first-order valence-corrected chi connectivity index (χ1v) is 7.19. The lowest BCUT2D eigenvalue weighted by atomic mass is 10.2. The van der Waals surface area contributed by atoms with Crippen molar-refractivity contribution in [2.45, 2.75) is 26.4 Å². The van der Waals surface area contributed by atoms with Gasteiger partial charge in [0.15, 0.2) is 4.96 Å². The maximum absolute atomic E-state index is 5.48. The maximum Gasteiger partial charge on any atom is 0.194 e. The minimum Gasteiger partial charge on any atom is -0.468 e. The third kappa shape index (κ3) is 2.19. The van der Waals surface area contributed by atoms with E-state index in [0.717, 1.165) is 23.0 Å². The van der Waals surface area contributed by atoms with Gasteiger partial charge in [0.05, 0.1) is 23.7 Å². The average molecular weight is 275 g/mol. The smallest absolute Gasteiger partial charge is 0.194 e. The van der Waals surface area contributed by atoms with Gasteiger partial charge in [-0.25, -0.2) is 4.98 Å². The van der Waals surface area contributed by atoms with Gasteiger partial charge in [0.1, 0.15) is 5.76 Å². The van der Waals surface area contributed by atoms with Gasteiger partial charge in [-0.3, -0.25) is 9.30 Å². The van der Waals surface area contributed by atoms with E-state index in [1.165, 1.54) is 5.69 Å². The quantitative estimate of drug-likeness (QED) is 0.731. The number of furan rings is 1. The monoisotopic (exact) mass is 275 g/mol. The first-order valence-electron chi connectivity index (χ1n) is 6.31. The molecule has 1 unspecified atom stereocenters. The van der Waals surface area contributed by atoms with Gasteiger partial charge >= 0.3 is 0 Å². The van der Waals surface area contributed by atoms with Crippen LogP contribution < -0.4 is 0 Å². The van der Waals surface area contributed by atoms with Crippen LogP contribution in [0.15, 0.2) is 34.4 Å². The highest BCUT2D eigenvalue weighted by Gasteiger charge is 2.18. The minimum atomic E-state index is 0.249. The zero-order valence-corrected chi connectivity index (χ0v) is 12.1. The molecule has 0 aliphatic heterocycles. The highest BCUT2D eigenvalue weighted by Crippen LogP contribution is 2.23. The summed E-state index contributed by atoms with van der Waals surface area (Å²) in [4.78, 5) is 7.91. The normalized spacial score (nSPS) is 13.5. The van der Waals surface area contributed by atoms with E-state index in [1.54, 1.807) is 17.6 Å². The highest BCUT2D eigenvalue weighted by molar-refractivity contribution is 7.15. The molecule has 0 spiro atoms. The molecule has 0 saturated carbocycles. The molecule has 0 aliphatic carbocycles. The van der Waals surface area contributed by atoms with Gasteiger partial charge in [0.2, 0.25) is 0 Å². The van der Waals surface area contributed by atoms with E-state index < -0.39 is 0 Å². The molecule has 0 bridgehead atoms. The van der Waals surface area contributed by atoms with E-state index in [4.69, 9.17) is 4.42 Å². The van der Waals surface area contributed by atoms with Gasteiger partial charge in [-0.15, -0.1) is 11.3 Å². The second kappa shape index (κ2) is 4.83. The summed E-state index contributed by atoms with van der Waals surface area (Å²) in [5.74, 6) is 0.992. The zero-order chi connectivity index (χ0) is 13.4. The van der Waals surface area contributed by atoms with Gasteiger partial charge in [-0.05, 0) is 33.0 Å². The Morgan fingerprint density at radius 1 is 1.53 bits per heavy atom. The van der Waals surface area contributed by atoms with Crippen LogP contribution in [0, 0.1) is 6.92 Å². The predicted molar refractivity (Wildman–Crippen MR) is 76.4 cm³/mol. The molecule has 0 amide bonds. The lowest BCUT2D eigenvalue weighted by Gasteiger charge is -2.22. The Kier molecular flexibility index (Phi) is 3.16. The van der Waals surface area contributed by atoms with Crippen LogP contribution in [-0.4, -0.2) is 21.3 Å². The first-order chi connectivity index (χ1) is 9.16. The molecule has 3 rings (SSSR count). The second-order valence-corrected chi connectivity index (χ2v) is 5.68. The van der Waals surface area contributed by atoms with E-state index in [-0.39, 0.29) is 6.04 Å². The Hall–Kier alpha value is -1.59. The van der Waals surface area contributed by atoms with Crippen molar-refractivity contribution in [3.63, 3.8) is 0 Å². The molecule has 100 valence electrons. The molecule has 3 heterocycles. The van der Waals surface area contributed by atoms with Crippen molar-refractivity contribution in [3.05, 3.63) is 47.1 Å². The summed E-state index contributed by atoms with van der Waals surface area (Å²) < 4.78 is 7.65. The molecule has 1 atom stereocenters. The van der Waals surface area contributed by atoms with Crippen molar-refractivity contribution >= 4 is 16.3 Å². The van der Waals surface area contributed by atoms with E-state index >= 15 is 0 Å². The fourth-order valence-corrected chi connectivity index (χ4v) is 3.03. The average Bonchev–Trinajstić information content (AvgIpc) is 3.08. The lowest BCUT2D eigenvalue weighted by Crippen LogP contribution is -2.22. The number of imidazole rings is 1. The van der Waals surface area contributed by atoms with Crippen LogP contribution in [0.25, 0.3) is 4.96 Å². The van der Waals surface area contributed by atoms with Crippen molar-refractivity contribution in [2.75, 3.05) is 7.05 Å². The van der Waals surface area contributed by atoms with Crippen molar-refractivity contribution < 1.29 is 4.42 Å². The maximum atomic E-state index is 5.48. The largest absolute Gasteiger partial charge is 0.468 e. The third-order valence-corrected chi connectivity index (χ3v) is 4.33. The molecule has 0 aliphatic rings. The number of aromatic nitrogens is 2. The van der Waals surface area contributed by atoms with Crippen LogP contribution >= 0.6 is 11.3 Å². The van der Waals surface area contributed by atoms with Crippen LogP contribution in [0.4, 0.5) is 0 Å². The summed E-state index contributed by atoms with van der Waals surface area (Å²) >= 11 is 1.67. The fraction of sp³-hybridized carbons (Fsp3) is 0.357. The summed E-state index contributed by atoms with van der Waals surface area (Å²) in [6.07, 6.45) is 3.81. The summed E-state index contributed by atoms with van der Waals surface area (Å²) in [6, 6.07) is 4.20. The molecule has 0 N–H and O–H groups in total. The Labute approximate surface area is 116 Å². The van der Waals surface area contributed by atoms with E-state index in [0.29, 0.717) is 0 Å². The zero-order valence-electron chi connectivity index (χ0n) is 11.3. The van der Waals surface area contributed by atoms with Crippen molar-refractivity contribution in [2.24, 2.45) is 0 Å². The number of hydrogen-bond donors (Lipinski definition) is 0. The van der Waals surface area contributed by atoms with Gasteiger partial charge in [-0.2, -0.15) is 0 Å². The van der Waals surface area contributed by atoms with Gasteiger partial charge in [0, 0.05) is 18.1 Å². The highest BCUT2D eigenvalue weighted by atomic mass is 32.1. The molecule has 3 aromatic rings. The minimum absolute atomic E-state index is 0.249. The number of hydrogen-bond acceptors (Lipinski definition) is 4. The molecule has 4 nitrogen and oxygen atoms in total. The summed E-state index contributed by atoms with van der Waals surface area (Å²) in [7, 11) is 2.11. The number of aryl methyl sites for hydroxylation is 1. The topological polar surface area (TPSA) is 33.7 Å². The summed E-state index contributed by atoms with van der Waals surface area (Å²) in [6.45, 7) is 5.08. The second-order valence-electron chi connectivity index (χ2n) is 4.81. The van der Waals surface area contributed by atoms with Crippen LogP contribution in [0.1, 0.15) is 30.1 Å². The molecule has 5 heteroatoms. The van der Waals surface area contributed by atoms with Crippen molar-refractivity contribution in [3.8, 4) is 0 Å². The fourth-order valence-electron chi connectivity index (χ4n) is 2.25. The lowest BCUT2D eigenvalue weighted by molar-refractivity contribution is 0.220. The summed E-state index contributed by atoms with van der Waals surface area (Å²) in [5.41, 5.74) is 2.35. The predicted octanol–water partition coefficient (Wildman–Crippen LogP) is 3.49. The molecule has 0 saturated heterocycles. The number of thiazole rings is 1. The molecule has 0 aromatic carbocycles. The molecular formula is C14H17N3OS. The SMILES string of the molecule is Cc1nc2sccn2c1CN(C)C(C)c1ccco1. The Bertz CT molecular complexity index is 668. The summed E-state index contributed by atoms with van der Waals surface area (Å²) in [5, 5.41) is 2.07. The number of nitrogens with zero attached hydrogens (tertiary/aromatic N) is 3. The molecule has 3 aromatic heterocycles. The van der Waals surface area contributed by atoms with E-state index in [1.807, 2.05) is 12.1 Å². The molecule has 0 radical (unpaired) electrons. The van der Waals surface area contributed by atoms with Gasteiger partial charge < -0.3 is 4.42 Å². The molecule has 19 heavy (non-hydrogen) atoms. The Morgan fingerprint density at radius 3 is 3.11 bits per heavy atom. The van der Waals surface area contributed by atoms with Crippen molar-refractivity contribution in [1.29, 1.82) is 0 Å². The number of fused-ring (bicyclic) bond motifs is 1. The van der Waals surface area contributed by atoms with Gasteiger partial charge in [-0.1, -0.05) is 0 Å². The number of rotatable bonds is 4. The van der Waals surface area contributed by atoms with E-state index in [2.05, 4.69) is 46.8 Å². The van der Waals surface area contributed by atoms with E-state index in [9.17, 15) is 0 Å². The standard InChI is InChI=1S/C14H17N3OS/c1-10-12(17-6-8-19-14(17)15-10)9-16(3)11(2)13-5-4-7-18-13/h4-8,11H,9H2,1-3H3. The molecular weight excluding hydrogens is 258 g/mol. The van der Waals surface area contributed by atoms with Crippen LogP contribution in [0.2, 0.25) is 0 Å². The van der Waals surface area contributed by atoms with Crippen molar-refractivity contribution in [1.82, 2.24) is 14.3 Å². The van der Waals surface area contributed by atoms with Gasteiger partial charge in [0.25, 0.3) is 0 Å². The van der Waals surface area contributed by atoms with Crippen LogP contribution in [-0.2, 0) is 6.54 Å². The Balaban J connectivity index is 1.84. The third-order valence-electron chi connectivity index (χ3n) is 3.58. The van der Waals surface area contributed by atoms with Crippen LogP contribution in [0.3, 0.4) is 0 Å². The first kappa shape index (κ1) is 12.4. The molecule has 0 fully saturated rings.